The second-order valence-corrected chi connectivity index (χ2v) is 5.09. The fourth-order valence-electron chi connectivity index (χ4n) is 1.76. The summed E-state index contributed by atoms with van der Waals surface area (Å²) >= 11 is 3.71. The molecule has 0 spiro atoms. The van der Waals surface area contributed by atoms with E-state index >= 15 is 0 Å². The number of halogens is 1. The van der Waals surface area contributed by atoms with Gasteiger partial charge in [-0.25, -0.2) is 4.98 Å². The van der Waals surface area contributed by atoms with Gasteiger partial charge in [0.1, 0.15) is 0 Å². The first-order valence-electron chi connectivity index (χ1n) is 6.07. The molecule has 1 aromatic carbocycles. The third kappa shape index (κ3) is 3.57. The van der Waals surface area contributed by atoms with Crippen LogP contribution < -0.4 is 4.74 Å². The molecule has 2 rings (SSSR count). The molecular formula is C15H16BrNO. The Bertz CT molecular complexity index is 487. The summed E-state index contributed by atoms with van der Waals surface area (Å²) in [6.07, 6.45) is 0.852. The Morgan fingerprint density at radius 1 is 1.11 bits per heavy atom. The van der Waals surface area contributed by atoms with E-state index in [1.165, 1.54) is 5.56 Å². The highest BCUT2D eigenvalue weighted by Crippen LogP contribution is 2.26. The van der Waals surface area contributed by atoms with Gasteiger partial charge in [-0.2, -0.15) is 0 Å². The summed E-state index contributed by atoms with van der Waals surface area (Å²) in [4.78, 5) is 4.76. The van der Waals surface area contributed by atoms with Crippen LogP contribution in [0.15, 0.2) is 48.5 Å². The Morgan fingerprint density at radius 2 is 1.89 bits per heavy atom. The van der Waals surface area contributed by atoms with E-state index < -0.39 is 0 Å². The van der Waals surface area contributed by atoms with Crippen LogP contribution in [0.5, 0.6) is 5.88 Å². The number of hydrogen-bond acceptors (Lipinski definition) is 2. The Hall–Kier alpha value is -1.35. The number of hydrogen-bond donors (Lipinski definition) is 0. The van der Waals surface area contributed by atoms with E-state index in [0.29, 0.717) is 12.5 Å². The van der Waals surface area contributed by atoms with Crippen molar-refractivity contribution in [3.8, 4) is 5.88 Å². The standard InChI is InChI=1S/C15H16BrNO/c1-2-18-15-10-6-9-13(17-15)11-14(16)12-7-4-3-5-8-12/h3-10,14H,2,11H2,1H3. The quantitative estimate of drug-likeness (QED) is 0.774. The predicted octanol–water partition coefficient (Wildman–Crippen LogP) is 4.16. The first-order valence-corrected chi connectivity index (χ1v) is 6.99. The lowest BCUT2D eigenvalue weighted by molar-refractivity contribution is 0.326. The number of alkyl halides is 1. The Labute approximate surface area is 116 Å². The van der Waals surface area contributed by atoms with Crippen LogP contribution in [0.25, 0.3) is 0 Å². The lowest BCUT2D eigenvalue weighted by atomic mass is 10.1. The Morgan fingerprint density at radius 3 is 2.61 bits per heavy atom. The fourth-order valence-corrected chi connectivity index (χ4v) is 2.40. The highest BCUT2D eigenvalue weighted by atomic mass is 79.9. The predicted molar refractivity (Wildman–Crippen MR) is 77.2 cm³/mol. The van der Waals surface area contributed by atoms with Gasteiger partial charge in [0.05, 0.1) is 6.61 Å². The summed E-state index contributed by atoms with van der Waals surface area (Å²) in [6, 6.07) is 16.3. The van der Waals surface area contributed by atoms with Crippen LogP contribution in [0.4, 0.5) is 0 Å². The van der Waals surface area contributed by atoms with Gasteiger partial charge in [-0.05, 0) is 18.6 Å². The Balaban J connectivity index is 2.07. The molecule has 1 atom stereocenters. The lowest BCUT2D eigenvalue weighted by Crippen LogP contribution is -2.00. The molecule has 2 aromatic rings. The van der Waals surface area contributed by atoms with Gasteiger partial charge in [-0.1, -0.05) is 52.3 Å². The summed E-state index contributed by atoms with van der Waals surface area (Å²) in [7, 11) is 0. The number of aromatic nitrogens is 1. The highest BCUT2D eigenvalue weighted by molar-refractivity contribution is 9.09. The van der Waals surface area contributed by atoms with Crippen LogP contribution in [0.1, 0.15) is 23.0 Å². The second kappa shape index (κ2) is 6.55. The van der Waals surface area contributed by atoms with Crippen molar-refractivity contribution in [1.29, 1.82) is 0 Å². The van der Waals surface area contributed by atoms with E-state index in [-0.39, 0.29) is 4.83 Å². The van der Waals surface area contributed by atoms with Gasteiger partial charge in [0.2, 0.25) is 5.88 Å². The van der Waals surface area contributed by atoms with E-state index in [2.05, 4.69) is 33.0 Å². The van der Waals surface area contributed by atoms with Crippen LogP contribution in [-0.2, 0) is 6.42 Å². The van der Waals surface area contributed by atoms with Crippen molar-refractivity contribution in [2.24, 2.45) is 0 Å². The number of pyridine rings is 1. The molecular weight excluding hydrogens is 290 g/mol. The number of rotatable bonds is 5. The van der Waals surface area contributed by atoms with Gasteiger partial charge in [-0.15, -0.1) is 0 Å². The average molecular weight is 306 g/mol. The average Bonchev–Trinajstić information content (AvgIpc) is 2.40. The molecule has 0 amide bonds. The minimum absolute atomic E-state index is 0.281. The van der Waals surface area contributed by atoms with Crippen molar-refractivity contribution in [2.75, 3.05) is 6.61 Å². The van der Waals surface area contributed by atoms with Crippen LogP contribution in [0.2, 0.25) is 0 Å². The molecule has 0 aliphatic rings. The van der Waals surface area contributed by atoms with Crippen molar-refractivity contribution in [3.05, 3.63) is 59.8 Å². The van der Waals surface area contributed by atoms with Gasteiger partial charge in [0, 0.05) is 23.0 Å². The van der Waals surface area contributed by atoms with Crippen LogP contribution in [0.3, 0.4) is 0 Å². The molecule has 1 unspecified atom stereocenters. The SMILES string of the molecule is CCOc1cccc(CC(Br)c2ccccc2)n1. The van der Waals surface area contributed by atoms with E-state index in [4.69, 9.17) is 4.74 Å². The van der Waals surface area contributed by atoms with E-state index in [1.807, 2.05) is 43.3 Å². The molecule has 0 fully saturated rings. The molecule has 1 heterocycles. The second-order valence-electron chi connectivity index (χ2n) is 3.98. The summed E-state index contributed by atoms with van der Waals surface area (Å²) in [5, 5.41) is 0. The van der Waals surface area contributed by atoms with Crippen LogP contribution >= 0.6 is 15.9 Å². The van der Waals surface area contributed by atoms with Gasteiger partial charge < -0.3 is 4.74 Å². The summed E-state index contributed by atoms with van der Waals surface area (Å²) in [6.45, 7) is 2.61. The van der Waals surface area contributed by atoms with E-state index in [1.54, 1.807) is 0 Å². The minimum Gasteiger partial charge on any atom is -0.478 e. The molecule has 1 aromatic heterocycles. The van der Waals surface area contributed by atoms with Crippen molar-refractivity contribution in [1.82, 2.24) is 4.98 Å². The molecule has 0 aliphatic carbocycles. The first kappa shape index (κ1) is 13.1. The molecule has 0 saturated heterocycles. The number of ether oxygens (including phenoxy) is 1. The minimum atomic E-state index is 0.281. The third-order valence-electron chi connectivity index (χ3n) is 2.62. The molecule has 2 nitrogen and oxygen atoms in total. The highest BCUT2D eigenvalue weighted by Gasteiger charge is 2.09. The summed E-state index contributed by atoms with van der Waals surface area (Å²) < 4.78 is 5.41. The molecule has 0 aliphatic heterocycles. The number of benzene rings is 1. The molecule has 0 bridgehead atoms. The third-order valence-corrected chi connectivity index (χ3v) is 3.48. The van der Waals surface area contributed by atoms with Crippen molar-refractivity contribution in [2.45, 2.75) is 18.2 Å². The summed E-state index contributed by atoms with van der Waals surface area (Å²) in [5.41, 5.74) is 2.30. The van der Waals surface area contributed by atoms with Crippen LogP contribution in [0, 0.1) is 0 Å². The Kier molecular flexibility index (Phi) is 4.76. The maximum atomic E-state index is 5.41. The fraction of sp³-hybridized carbons (Fsp3) is 0.267. The molecule has 0 saturated carbocycles. The zero-order chi connectivity index (χ0) is 12.8. The topological polar surface area (TPSA) is 22.1 Å². The van der Waals surface area contributed by atoms with Gasteiger partial charge in [0.25, 0.3) is 0 Å². The lowest BCUT2D eigenvalue weighted by Gasteiger charge is -2.10. The largest absolute Gasteiger partial charge is 0.478 e. The van der Waals surface area contributed by atoms with Crippen molar-refractivity contribution < 1.29 is 4.74 Å². The zero-order valence-electron chi connectivity index (χ0n) is 10.3. The smallest absolute Gasteiger partial charge is 0.213 e. The van der Waals surface area contributed by atoms with Gasteiger partial charge in [-0.3, -0.25) is 0 Å². The van der Waals surface area contributed by atoms with Crippen molar-refractivity contribution in [3.63, 3.8) is 0 Å². The normalized spacial score (nSPS) is 12.1. The van der Waals surface area contributed by atoms with Gasteiger partial charge >= 0.3 is 0 Å². The maximum absolute atomic E-state index is 5.41. The van der Waals surface area contributed by atoms with E-state index in [0.717, 1.165) is 12.1 Å². The molecule has 0 radical (unpaired) electrons. The molecule has 94 valence electrons. The molecule has 0 N–H and O–H groups in total. The molecule has 18 heavy (non-hydrogen) atoms. The monoisotopic (exact) mass is 305 g/mol. The summed E-state index contributed by atoms with van der Waals surface area (Å²) in [5.74, 6) is 0.697. The maximum Gasteiger partial charge on any atom is 0.213 e. The first-order chi connectivity index (χ1) is 8.79. The van der Waals surface area contributed by atoms with Crippen LogP contribution in [-0.4, -0.2) is 11.6 Å². The van der Waals surface area contributed by atoms with E-state index in [9.17, 15) is 0 Å². The molecule has 3 heteroatoms. The van der Waals surface area contributed by atoms with Crippen molar-refractivity contribution >= 4 is 15.9 Å². The number of nitrogens with zero attached hydrogens (tertiary/aromatic N) is 1. The zero-order valence-corrected chi connectivity index (χ0v) is 11.9. The van der Waals surface area contributed by atoms with Gasteiger partial charge in [0.15, 0.2) is 0 Å².